The van der Waals surface area contributed by atoms with Gasteiger partial charge in [0, 0.05) is 19.5 Å². The van der Waals surface area contributed by atoms with E-state index in [1.165, 1.54) is 0 Å². The first-order valence-corrected chi connectivity index (χ1v) is 5.59. The number of hydrogen-bond acceptors (Lipinski definition) is 3. The standard InChI is InChI=1S/C10H15FN2O4/c11-7-5-8(13(6-7)10(15)16)9(14)12-1-3-17-4-2-12/h7-8H,1-6H2,(H,15,16)/t7-,8-/m0/s1. The van der Waals surface area contributed by atoms with E-state index in [1.807, 2.05) is 0 Å². The third kappa shape index (κ3) is 2.49. The van der Waals surface area contributed by atoms with Crippen LogP contribution in [0, 0.1) is 0 Å². The number of carbonyl (C=O) groups excluding carboxylic acids is 1. The average molecular weight is 246 g/mol. The molecule has 96 valence electrons. The van der Waals surface area contributed by atoms with Crippen molar-refractivity contribution in [3.8, 4) is 0 Å². The summed E-state index contributed by atoms with van der Waals surface area (Å²) in [6, 6.07) is -0.874. The topological polar surface area (TPSA) is 70.1 Å². The van der Waals surface area contributed by atoms with Crippen molar-refractivity contribution in [3.05, 3.63) is 0 Å². The zero-order chi connectivity index (χ0) is 12.4. The third-order valence-electron chi connectivity index (χ3n) is 3.10. The van der Waals surface area contributed by atoms with Crippen LogP contribution in [0.4, 0.5) is 9.18 Å². The maximum absolute atomic E-state index is 13.2. The molecule has 2 saturated heterocycles. The average Bonchev–Trinajstić information content (AvgIpc) is 2.72. The van der Waals surface area contributed by atoms with E-state index in [0.717, 1.165) is 4.90 Å². The number of amides is 2. The Labute approximate surface area is 97.9 Å². The van der Waals surface area contributed by atoms with Crippen LogP contribution in [0.5, 0.6) is 0 Å². The van der Waals surface area contributed by atoms with Gasteiger partial charge in [0.25, 0.3) is 0 Å². The van der Waals surface area contributed by atoms with Crippen molar-refractivity contribution in [3.63, 3.8) is 0 Å². The van der Waals surface area contributed by atoms with Crippen LogP contribution < -0.4 is 0 Å². The molecule has 0 aromatic heterocycles. The molecule has 2 aliphatic rings. The Hall–Kier alpha value is -1.37. The summed E-state index contributed by atoms with van der Waals surface area (Å²) in [5.74, 6) is -0.309. The number of likely N-dealkylation sites (tertiary alicyclic amines) is 1. The highest BCUT2D eigenvalue weighted by molar-refractivity contribution is 5.86. The van der Waals surface area contributed by atoms with Gasteiger partial charge in [-0.25, -0.2) is 9.18 Å². The van der Waals surface area contributed by atoms with Crippen LogP contribution in [0.25, 0.3) is 0 Å². The fourth-order valence-electron chi connectivity index (χ4n) is 2.22. The SMILES string of the molecule is O=C([C@@H]1C[C@H](F)CN1C(=O)O)N1CCOCC1. The number of ether oxygens (including phenoxy) is 1. The van der Waals surface area contributed by atoms with Gasteiger partial charge in [0.05, 0.1) is 19.8 Å². The van der Waals surface area contributed by atoms with Gasteiger partial charge in [-0.15, -0.1) is 0 Å². The van der Waals surface area contributed by atoms with Crippen molar-refractivity contribution in [2.24, 2.45) is 0 Å². The first kappa shape index (κ1) is 12.1. The second kappa shape index (κ2) is 4.87. The van der Waals surface area contributed by atoms with Gasteiger partial charge in [-0.05, 0) is 0 Å². The summed E-state index contributed by atoms with van der Waals surface area (Å²) in [5.41, 5.74) is 0. The van der Waals surface area contributed by atoms with E-state index in [-0.39, 0.29) is 18.9 Å². The first-order chi connectivity index (χ1) is 8.09. The molecule has 7 heteroatoms. The van der Waals surface area contributed by atoms with Crippen LogP contribution in [-0.4, -0.2) is 72.0 Å². The van der Waals surface area contributed by atoms with Crippen molar-refractivity contribution >= 4 is 12.0 Å². The number of carboxylic acid groups (broad SMARTS) is 1. The number of nitrogens with zero attached hydrogens (tertiary/aromatic N) is 2. The third-order valence-corrected chi connectivity index (χ3v) is 3.10. The van der Waals surface area contributed by atoms with Crippen LogP contribution >= 0.6 is 0 Å². The molecule has 2 amide bonds. The summed E-state index contributed by atoms with van der Waals surface area (Å²) in [6.07, 6.45) is -2.53. The summed E-state index contributed by atoms with van der Waals surface area (Å²) in [5, 5.41) is 8.91. The smallest absolute Gasteiger partial charge is 0.408 e. The van der Waals surface area contributed by atoms with Crippen molar-refractivity contribution in [2.75, 3.05) is 32.8 Å². The van der Waals surface area contributed by atoms with Gasteiger partial charge in [0.1, 0.15) is 12.2 Å². The van der Waals surface area contributed by atoms with Crippen molar-refractivity contribution in [2.45, 2.75) is 18.6 Å². The maximum atomic E-state index is 13.2. The molecule has 2 atom stereocenters. The Kier molecular flexibility index (Phi) is 3.46. The van der Waals surface area contributed by atoms with Crippen molar-refractivity contribution in [1.29, 1.82) is 0 Å². The Balaban J connectivity index is 2.04. The zero-order valence-corrected chi connectivity index (χ0v) is 9.34. The summed E-state index contributed by atoms with van der Waals surface area (Å²) in [7, 11) is 0. The number of alkyl halides is 1. The number of morpholine rings is 1. The number of halogens is 1. The lowest BCUT2D eigenvalue weighted by Gasteiger charge is -2.31. The Bertz CT molecular complexity index is 319. The molecule has 0 spiro atoms. The normalized spacial score (nSPS) is 29.5. The van der Waals surface area contributed by atoms with E-state index < -0.39 is 18.3 Å². The van der Waals surface area contributed by atoms with E-state index in [9.17, 15) is 14.0 Å². The molecule has 2 rings (SSSR count). The molecule has 0 bridgehead atoms. The number of hydrogen-bond donors (Lipinski definition) is 1. The molecule has 2 heterocycles. The van der Waals surface area contributed by atoms with Crippen LogP contribution in [0.2, 0.25) is 0 Å². The van der Waals surface area contributed by atoms with Gasteiger partial charge in [-0.3, -0.25) is 9.69 Å². The molecular formula is C10H15FN2O4. The minimum atomic E-state index is -1.25. The second-order valence-electron chi connectivity index (χ2n) is 4.22. The van der Waals surface area contributed by atoms with E-state index in [4.69, 9.17) is 9.84 Å². The largest absolute Gasteiger partial charge is 0.465 e. The highest BCUT2D eigenvalue weighted by Gasteiger charge is 2.41. The lowest BCUT2D eigenvalue weighted by Crippen LogP contribution is -2.50. The molecule has 2 aliphatic heterocycles. The molecule has 2 fully saturated rings. The summed E-state index contributed by atoms with van der Waals surface area (Å²) < 4.78 is 18.3. The van der Waals surface area contributed by atoms with E-state index in [1.54, 1.807) is 4.90 Å². The van der Waals surface area contributed by atoms with Crippen molar-refractivity contribution in [1.82, 2.24) is 9.80 Å². The summed E-state index contributed by atoms with van der Waals surface area (Å²) >= 11 is 0. The highest BCUT2D eigenvalue weighted by atomic mass is 19.1. The molecule has 0 unspecified atom stereocenters. The molecule has 0 saturated carbocycles. The quantitative estimate of drug-likeness (QED) is 0.703. The molecule has 0 aliphatic carbocycles. The van der Waals surface area contributed by atoms with E-state index in [0.29, 0.717) is 26.3 Å². The Morgan fingerprint density at radius 3 is 2.53 bits per heavy atom. The number of rotatable bonds is 1. The Morgan fingerprint density at radius 1 is 1.29 bits per heavy atom. The predicted molar refractivity (Wildman–Crippen MR) is 55.4 cm³/mol. The molecule has 17 heavy (non-hydrogen) atoms. The minimum Gasteiger partial charge on any atom is -0.465 e. The predicted octanol–water partition coefficient (Wildman–Crippen LogP) is -0.0644. The van der Waals surface area contributed by atoms with Gasteiger partial charge in [-0.1, -0.05) is 0 Å². The highest BCUT2D eigenvalue weighted by Crippen LogP contribution is 2.22. The molecule has 6 nitrogen and oxygen atoms in total. The number of carbonyl (C=O) groups is 2. The van der Waals surface area contributed by atoms with Crippen LogP contribution in [-0.2, 0) is 9.53 Å². The van der Waals surface area contributed by atoms with Crippen LogP contribution in [0.15, 0.2) is 0 Å². The van der Waals surface area contributed by atoms with E-state index >= 15 is 0 Å². The van der Waals surface area contributed by atoms with Crippen LogP contribution in [0.3, 0.4) is 0 Å². The lowest BCUT2D eigenvalue weighted by atomic mass is 10.1. The zero-order valence-electron chi connectivity index (χ0n) is 9.34. The van der Waals surface area contributed by atoms with Gasteiger partial charge >= 0.3 is 6.09 Å². The van der Waals surface area contributed by atoms with Gasteiger partial charge < -0.3 is 14.7 Å². The van der Waals surface area contributed by atoms with Gasteiger partial charge in [-0.2, -0.15) is 0 Å². The summed E-state index contributed by atoms with van der Waals surface area (Å²) in [6.45, 7) is 1.57. The maximum Gasteiger partial charge on any atom is 0.408 e. The van der Waals surface area contributed by atoms with Gasteiger partial charge in [0.15, 0.2) is 0 Å². The van der Waals surface area contributed by atoms with Crippen molar-refractivity contribution < 1.29 is 23.8 Å². The van der Waals surface area contributed by atoms with E-state index in [2.05, 4.69) is 0 Å². The lowest BCUT2D eigenvalue weighted by molar-refractivity contribution is -0.139. The minimum absolute atomic E-state index is 0.0392. The van der Waals surface area contributed by atoms with Crippen LogP contribution in [0.1, 0.15) is 6.42 Å². The fraction of sp³-hybridized carbons (Fsp3) is 0.800. The fourth-order valence-corrected chi connectivity index (χ4v) is 2.22. The molecular weight excluding hydrogens is 231 g/mol. The molecule has 0 aromatic rings. The second-order valence-corrected chi connectivity index (χ2v) is 4.22. The Morgan fingerprint density at radius 2 is 1.94 bits per heavy atom. The first-order valence-electron chi connectivity index (χ1n) is 5.59. The molecule has 0 radical (unpaired) electrons. The van der Waals surface area contributed by atoms with Gasteiger partial charge in [0.2, 0.25) is 5.91 Å². The monoisotopic (exact) mass is 246 g/mol. The molecule has 1 N–H and O–H groups in total. The summed E-state index contributed by atoms with van der Waals surface area (Å²) in [4.78, 5) is 25.4. The molecule has 0 aromatic carbocycles.